The predicted molar refractivity (Wildman–Crippen MR) is 75.2 cm³/mol. The van der Waals surface area contributed by atoms with Crippen LogP contribution in [0.2, 0.25) is 0 Å². The molecule has 0 bridgehead atoms. The van der Waals surface area contributed by atoms with Crippen molar-refractivity contribution in [2.24, 2.45) is 0 Å². The van der Waals surface area contributed by atoms with Crippen LogP contribution in [0.15, 0.2) is 17.2 Å². The zero-order valence-electron chi connectivity index (χ0n) is 11.8. The van der Waals surface area contributed by atoms with Crippen LogP contribution < -0.4 is 16.2 Å². The van der Waals surface area contributed by atoms with Crippen molar-refractivity contribution in [1.29, 1.82) is 0 Å². The minimum absolute atomic E-state index is 0.131. The first kappa shape index (κ1) is 15.2. The molecule has 0 spiro atoms. The number of carbonyl (C=O) groups is 1. The summed E-state index contributed by atoms with van der Waals surface area (Å²) in [6.45, 7) is 6.98. The molecule has 1 heterocycles. The fourth-order valence-electron chi connectivity index (χ4n) is 1.64. The fraction of sp³-hybridized carbons (Fsp3) is 0.615. The number of nitrogens with zero attached hydrogens (tertiary/aromatic N) is 2. The quantitative estimate of drug-likeness (QED) is 0.771. The molecule has 1 aromatic heterocycles. The molecule has 1 unspecified atom stereocenters. The van der Waals surface area contributed by atoms with E-state index in [0.717, 1.165) is 12.8 Å². The summed E-state index contributed by atoms with van der Waals surface area (Å²) < 4.78 is 1.59. The van der Waals surface area contributed by atoms with Gasteiger partial charge in [-0.3, -0.25) is 9.59 Å². The number of hydrogen-bond donors (Lipinski definition) is 2. The number of aromatic nitrogens is 2. The lowest BCUT2D eigenvalue weighted by molar-refractivity contribution is -0.121. The van der Waals surface area contributed by atoms with Gasteiger partial charge in [-0.1, -0.05) is 13.8 Å². The second-order valence-corrected chi connectivity index (χ2v) is 4.43. The summed E-state index contributed by atoms with van der Waals surface area (Å²) >= 11 is 0. The number of aryl methyl sites for hydroxylation is 1. The molecule has 0 aliphatic carbocycles. The summed E-state index contributed by atoms with van der Waals surface area (Å²) in [5.41, 5.74) is -0.195. The summed E-state index contributed by atoms with van der Waals surface area (Å²) in [5, 5.41) is 5.63. The van der Waals surface area contributed by atoms with E-state index in [1.54, 1.807) is 23.9 Å². The van der Waals surface area contributed by atoms with Crippen LogP contribution in [0.3, 0.4) is 0 Å². The van der Waals surface area contributed by atoms with Crippen LogP contribution in [0.4, 0.5) is 5.82 Å². The van der Waals surface area contributed by atoms with Crippen molar-refractivity contribution in [1.82, 2.24) is 14.9 Å². The molecule has 19 heavy (non-hydrogen) atoms. The minimum Gasteiger partial charge on any atom is -0.354 e. The summed E-state index contributed by atoms with van der Waals surface area (Å²) in [5.74, 6) is 0.0871. The van der Waals surface area contributed by atoms with Gasteiger partial charge in [-0.05, 0) is 19.8 Å². The Kier molecular flexibility index (Phi) is 6.05. The van der Waals surface area contributed by atoms with Crippen LogP contribution >= 0.6 is 0 Å². The third-order valence-electron chi connectivity index (χ3n) is 2.67. The first-order valence-corrected chi connectivity index (χ1v) is 6.69. The van der Waals surface area contributed by atoms with E-state index >= 15 is 0 Å². The van der Waals surface area contributed by atoms with Gasteiger partial charge >= 0.3 is 0 Å². The normalized spacial score (nSPS) is 11.9. The highest BCUT2D eigenvalue weighted by Crippen LogP contribution is 1.98. The molecular weight excluding hydrogens is 244 g/mol. The maximum absolute atomic E-state index is 12.0. The molecule has 2 N–H and O–H groups in total. The maximum Gasteiger partial charge on any atom is 0.293 e. The summed E-state index contributed by atoms with van der Waals surface area (Å²) in [7, 11) is 0. The monoisotopic (exact) mass is 266 g/mol. The Bertz CT molecular complexity index is 470. The molecule has 6 nitrogen and oxygen atoms in total. The van der Waals surface area contributed by atoms with Crippen molar-refractivity contribution in [2.45, 2.75) is 46.2 Å². The van der Waals surface area contributed by atoms with Gasteiger partial charge < -0.3 is 15.2 Å². The first-order valence-electron chi connectivity index (χ1n) is 6.69. The van der Waals surface area contributed by atoms with Crippen molar-refractivity contribution in [3.63, 3.8) is 0 Å². The van der Waals surface area contributed by atoms with Gasteiger partial charge in [0.1, 0.15) is 6.04 Å². The van der Waals surface area contributed by atoms with E-state index in [9.17, 15) is 9.59 Å². The predicted octanol–water partition coefficient (Wildman–Crippen LogP) is 0.980. The fourth-order valence-corrected chi connectivity index (χ4v) is 1.64. The Morgan fingerprint density at radius 3 is 2.79 bits per heavy atom. The van der Waals surface area contributed by atoms with Gasteiger partial charge in [0, 0.05) is 25.5 Å². The van der Waals surface area contributed by atoms with Crippen molar-refractivity contribution in [3.05, 3.63) is 22.7 Å². The second kappa shape index (κ2) is 7.56. The van der Waals surface area contributed by atoms with Crippen molar-refractivity contribution in [3.8, 4) is 0 Å². The Labute approximate surface area is 113 Å². The highest BCUT2D eigenvalue weighted by Gasteiger charge is 2.14. The number of nitrogens with one attached hydrogen (secondary N) is 2. The van der Waals surface area contributed by atoms with Gasteiger partial charge in [-0.25, -0.2) is 4.98 Å². The van der Waals surface area contributed by atoms with Gasteiger partial charge in [0.05, 0.1) is 0 Å². The van der Waals surface area contributed by atoms with E-state index in [0.29, 0.717) is 13.1 Å². The second-order valence-electron chi connectivity index (χ2n) is 4.43. The van der Waals surface area contributed by atoms with E-state index in [4.69, 9.17) is 0 Å². The van der Waals surface area contributed by atoms with E-state index in [1.807, 2.05) is 13.8 Å². The van der Waals surface area contributed by atoms with Crippen LogP contribution in [0.5, 0.6) is 0 Å². The molecule has 1 rings (SSSR count). The molecule has 1 aromatic rings. The SMILES string of the molecule is CCCNC(=O)C(C)Nc1nccn(CCC)c1=O. The smallest absolute Gasteiger partial charge is 0.293 e. The van der Waals surface area contributed by atoms with Crippen molar-refractivity contribution in [2.75, 3.05) is 11.9 Å². The number of hydrogen-bond acceptors (Lipinski definition) is 4. The van der Waals surface area contributed by atoms with Gasteiger partial charge in [0.15, 0.2) is 5.82 Å². The highest BCUT2D eigenvalue weighted by atomic mass is 16.2. The Morgan fingerprint density at radius 2 is 2.16 bits per heavy atom. The third-order valence-corrected chi connectivity index (χ3v) is 2.67. The number of anilines is 1. The van der Waals surface area contributed by atoms with Crippen LogP contribution in [0.1, 0.15) is 33.6 Å². The summed E-state index contributed by atoms with van der Waals surface area (Å²) in [6, 6.07) is -0.482. The zero-order valence-corrected chi connectivity index (χ0v) is 11.8. The molecule has 0 saturated heterocycles. The summed E-state index contributed by atoms with van der Waals surface area (Å²) in [4.78, 5) is 27.8. The molecule has 106 valence electrons. The lowest BCUT2D eigenvalue weighted by Crippen LogP contribution is -2.39. The maximum atomic E-state index is 12.0. The number of carbonyl (C=O) groups excluding carboxylic acids is 1. The molecule has 0 radical (unpaired) electrons. The molecule has 1 amide bonds. The standard InChI is InChI=1S/C13H22N4O2/c1-4-6-15-12(18)10(3)16-11-13(19)17(8-5-2)9-7-14-11/h7,9-10H,4-6,8H2,1-3H3,(H,14,16)(H,15,18). The number of amides is 1. The van der Waals surface area contributed by atoms with E-state index in [1.165, 1.54) is 0 Å². The highest BCUT2D eigenvalue weighted by molar-refractivity contribution is 5.83. The van der Waals surface area contributed by atoms with Crippen molar-refractivity contribution >= 4 is 11.7 Å². The van der Waals surface area contributed by atoms with Gasteiger partial charge in [-0.2, -0.15) is 0 Å². The Balaban J connectivity index is 2.74. The molecule has 0 aromatic carbocycles. The van der Waals surface area contributed by atoms with E-state index < -0.39 is 6.04 Å². The lowest BCUT2D eigenvalue weighted by atomic mass is 10.3. The Hall–Kier alpha value is -1.85. The third kappa shape index (κ3) is 4.39. The van der Waals surface area contributed by atoms with Crippen molar-refractivity contribution < 1.29 is 4.79 Å². The van der Waals surface area contributed by atoms with Gasteiger partial charge in [-0.15, -0.1) is 0 Å². The van der Waals surface area contributed by atoms with Crippen LogP contribution in [0, 0.1) is 0 Å². The topological polar surface area (TPSA) is 76.0 Å². The first-order chi connectivity index (χ1) is 9.10. The van der Waals surface area contributed by atoms with Crippen LogP contribution in [0.25, 0.3) is 0 Å². The number of rotatable bonds is 7. The van der Waals surface area contributed by atoms with E-state index in [2.05, 4.69) is 15.6 Å². The van der Waals surface area contributed by atoms with Crippen LogP contribution in [-0.2, 0) is 11.3 Å². The molecule has 0 saturated carbocycles. The molecule has 6 heteroatoms. The molecule has 1 atom stereocenters. The molecule has 0 fully saturated rings. The van der Waals surface area contributed by atoms with Crippen LogP contribution in [-0.4, -0.2) is 28.0 Å². The van der Waals surface area contributed by atoms with Gasteiger partial charge in [0.25, 0.3) is 5.56 Å². The van der Waals surface area contributed by atoms with E-state index in [-0.39, 0.29) is 17.3 Å². The average Bonchev–Trinajstić information content (AvgIpc) is 2.40. The van der Waals surface area contributed by atoms with Gasteiger partial charge in [0.2, 0.25) is 5.91 Å². The largest absolute Gasteiger partial charge is 0.354 e. The molecular formula is C13H22N4O2. The summed E-state index contributed by atoms with van der Waals surface area (Å²) in [6.07, 6.45) is 4.97. The molecule has 0 aliphatic rings. The minimum atomic E-state index is -0.482. The molecule has 0 aliphatic heterocycles. The lowest BCUT2D eigenvalue weighted by Gasteiger charge is -2.14. The zero-order chi connectivity index (χ0) is 14.3. The average molecular weight is 266 g/mol. The Morgan fingerprint density at radius 1 is 1.42 bits per heavy atom.